The minimum absolute atomic E-state index is 0. The Morgan fingerprint density at radius 3 is 2.47 bits per heavy atom. The zero-order valence-corrected chi connectivity index (χ0v) is 21.4. The molecule has 0 radical (unpaired) electrons. The molecule has 0 unspecified atom stereocenters. The van der Waals surface area contributed by atoms with Crippen molar-refractivity contribution in [3.05, 3.63) is 51.1 Å². The van der Waals surface area contributed by atoms with E-state index in [-0.39, 0.29) is 18.3 Å². The van der Waals surface area contributed by atoms with Crippen LogP contribution in [-0.4, -0.2) is 49.1 Å². The number of ether oxygens (including phenoxy) is 1. The average Bonchev–Trinajstić information content (AvgIpc) is 3.17. The zero-order valence-electron chi connectivity index (χ0n) is 17.6. The molecule has 0 fully saturated rings. The third-order valence-corrected chi connectivity index (χ3v) is 7.18. The number of benzene rings is 2. The standard InChI is InChI=1S/C22H26IN3O2S.ClH/c1-5-25(6-2)13-14-26(21(27)16-9-7-8-10-17(16)23)22-24-19-18(28-4)12-11-15(3)20(19)29-22;/h7-12H,5-6,13-14H2,1-4H3;1H. The van der Waals surface area contributed by atoms with Crippen molar-refractivity contribution in [1.29, 1.82) is 0 Å². The number of halogens is 2. The van der Waals surface area contributed by atoms with Crippen LogP contribution in [0.2, 0.25) is 0 Å². The van der Waals surface area contributed by atoms with Gasteiger partial charge in [0.2, 0.25) is 0 Å². The van der Waals surface area contributed by atoms with Gasteiger partial charge in [-0.2, -0.15) is 0 Å². The van der Waals surface area contributed by atoms with Crippen molar-refractivity contribution in [2.24, 2.45) is 0 Å². The Kier molecular flexibility index (Phi) is 9.33. The van der Waals surface area contributed by atoms with Crippen LogP contribution in [0.4, 0.5) is 5.13 Å². The van der Waals surface area contributed by atoms with Crippen LogP contribution in [0.15, 0.2) is 36.4 Å². The molecule has 5 nitrogen and oxygen atoms in total. The van der Waals surface area contributed by atoms with Gasteiger partial charge in [0.05, 0.1) is 17.4 Å². The van der Waals surface area contributed by atoms with Crippen molar-refractivity contribution in [2.75, 3.05) is 38.2 Å². The number of hydrogen-bond donors (Lipinski definition) is 0. The van der Waals surface area contributed by atoms with Crippen LogP contribution < -0.4 is 9.64 Å². The van der Waals surface area contributed by atoms with Crippen LogP contribution in [0.3, 0.4) is 0 Å². The number of fused-ring (bicyclic) bond motifs is 1. The highest BCUT2D eigenvalue weighted by atomic mass is 127. The van der Waals surface area contributed by atoms with Crippen LogP contribution in [-0.2, 0) is 0 Å². The number of likely N-dealkylation sites (N-methyl/N-ethyl adjacent to an activating group) is 1. The molecule has 30 heavy (non-hydrogen) atoms. The first-order valence-electron chi connectivity index (χ1n) is 9.73. The van der Waals surface area contributed by atoms with Crippen molar-refractivity contribution < 1.29 is 9.53 Å². The minimum Gasteiger partial charge on any atom is -0.494 e. The lowest BCUT2D eigenvalue weighted by Gasteiger charge is -2.25. The van der Waals surface area contributed by atoms with Gasteiger partial charge >= 0.3 is 0 Å². The second-order valence-electron chi connectivity index (χ2n) is 6.72. The maximum Gasteiger partial charge on any atom is 0.261 e. The number of carbonyl (C=O) groups excluding carboxylic acids is 1. The first-order valence-corrected chi connectivity index (χ1v) is 11.6. The van der Waals surface area contributed by atoms with E-state index in [2.05, 4.69) is 48.3 Å². The van der Waals surface area contributed by atoms with Gasteiger partial charge in [0, 0.05) is 16.7 Å². The van der Waals surface area contributed by atoms with Gasteiger partial charge in [-0.25, -0.2) is 4.98 Å². The Morgan fingerprint density at radius 1 is 1.13 bits per heavy atom. The number of thiazole rings is 1. The average molecular weight is 560 g/mol. The number of amides is 1. The number of carbonyl (C=O) groups is 1. The molecule has 162 valence electrons. The lowest BCUT2D eigenvalue weighted by Crippen LogP contribution is -2.39. The predicted octanol–water partition coefficient (Wildman–Crippen LogP) is 5.63. The van der Waals surface area contributed by atoms with E-state index in [4.69, 9.17) is 9.72 Å². The van der Waals surface area contributed by atoms with Crippen molar-refractivity contribution in [1.82, 2.24) is 9.88 Å². The number of hydrogen-bond acceptors (Lipinski definition) is 5. The molecule has 2 aromatic carbocycles. The summed E-state index contributed by atoms with van der Waals surface area (Å²) in [6, 6.07) is 11.7. The van der Waals surface area contributed by atoms with Crippen LogP contribution in [0, 0.1) is 10.5 Å². The molecule has 3 rings (SSSR count). The molecule has 0 atom stereocenters. The van der Waals surface area contributed by atoms with E-state index in [1.807, 2.05) is 41.3 Å². The molecular formula is C22H27ClIN3O2S. The summed E-state index contributed by atoms with van der Waals surface area (Å²) in [5.74, 6) is 0.719. The van der Waals surface area contributed by atoms with Gasteiger partial charge in [0.1, 0.15) is 11.3 Å². The van der Waals surface area contributed by atoms with Gasteiger partial charge in [0.25, 0.3) is 5.91 Å². The van der Waals surface area contributed by atoms with Crippen molar-refractivity contribution in [3.8, 4) is 5.75 Å². The molecule has 1 amide bonds. The Morgan fingerprint density at radius 2 is 1.83 bits per heavy atom. The third-order valence-electron chi connectivity index (χ3n) is 5.03. The fourth-order valence-corrected chi connectivity index (χ4v) is 4.92. The first-order chi connectivity index (χ1) is 14.0. The van der Waals surface area contributed by atoms with Gasteiger partial charge in [-0.3, -0.25) is 9.69 Å². The molecule has 0 N–H and O–H groups in total. The lowest BCUT2D eigenvalue weighted by molar-refractivity contribution is 0.0983. The summed E-state index contributed by atoms with van der Waals surface area (Å²) < 4.78 is 7.50. The molecular weight excluding hydrogens is 533 g/mol. The maximum atomic E-state index is 13.5. The molecule has 0 aliphatic carbocycles. The SMILES string of the molecule is CCN(CC)CCN(C(=O)c1ccccc1I)c1nc2c(OC)ccc(C)c2s1.Cl. The van der Waals surface area contributed by atoms with Crippen LogP contribution in [0.5, 0.6) is 5.75 Å². The van der Waals surface area contributed by atoms with Crippen molar-refractivity contribution in [2.45, 2.75) is 20.8 Å². The maximum absolute atomic E-state index is 13.5. The van der Waals surface area contributed by atoms with E-state index in [1.165, 1.54) is 0 Å². The number of anilines is 1. The highest BCUT2D eigenvalue weighted by molar-refractivity contribution is 14.1. The molecule has 0 aliphatic rings. The van der Waals surface area contributed by atoms with E-state index < -0.39 is 0 Å². The summed E-state index contributed by atoms with van der Waals surface area (Å²) in [6.07, 6.45) is 0. The number of aromatic nitrogens is 1. The van der Waals surface area contributed by atoms with Gasteiger partial charge in [-0.1, -0.05) is 43.4 Å². The zero-order chi connectivity index (χ0) is 21.0. The Hall–Kier alpha value is -1.42. The third kappa shape index (κ3) is 5.25. The molecule has 8 heteroatoms. The van der Waals surface area contributed by atoms with Crippen LogP contribution >= 0.6 is 46.3 Å². The summed E-state index contributed by atoms with van der Waals surface area (Å²) in [7, 11) is 1.65. The minimum atomic E-state index is -0.0159. The number of methoxy groups -OCH3 is 1. The number of rotatable bonds is 8. The van der Waals surface area contributed by atoms with Crippen LogP contribution in [0.1, 0.15) is 29.8 Å². The summed E-state index contributed by atoms with van der Waals surface area (Å²) in [4.78, 5) is 22.5. The smallest absolute Gasteiger partial charge is 0.261 e. The highest BCUT2D eigenvalue weighted by Gasteiger charge is 2.24. The largest absolute Gasteiger partial charge is 0.494 e. The molecule has 0 bridgehead atoms. The first kappa shape index (κ1) is 24.8. The topological polar surface area (TPSA) is 45.7 Å². The fraction of sp³-hybridized carbons (Fsp3) is 0.364. The summed E-state index contributed by atoms with van der Waals surface area (Å²) in [6.45, 7) is 9.64. The van der Waals surface area contributed by atoms with Crippen molar-refractivity contribution >= 4 is 67.6 Å². The van der Waals surface area contributed by atoms with E-state index in [1.54, 1.807) is 18.4 Å². The monoisotopic (exact) mass is 559 g/mol. The number of aryl methyl sites for hydroxylation is 1. The van der Waals surface area contributed by atoms with Gasteiger partial charge in [-0.15, -0.1) is 12.4 Å². The molecule has 0 spiro atoms. The summed E-state index contributed by atoms with van der Waals surface area (Å²) >= 11 is 3.77. The van der Waals surface area contributed by atoms with E-state index in [0.717, 1.165) is 44.7 Å². The molecule has 0 saturated heterocycles. The van der Waals surface area contributed by atoms with E-state index >= 15 is 0 Å². The molecule has 1 aromatic heterocycles. The lowest BCUT2D eigenvalue weighted by atomic mass is 10.2. The molecule has 0 saturated carbocycles. The Balaban J connectivity index is 0.00000320. The second kappa shape index (κ2) is 11.3. The molecule has 3 aromatic rings. The van der Waals surface area contributed by atoms with Crippen molar-refractivity contribution in [3.63, 3.8) is 0 Å². The highest BCUT2D eigenvalue weighted by Crippen LogP contribution is 2.37. The van der Waals surface area contributed by atoms with Crippen LogP contribution in [0.25, 0.3) is 10.2 Å². The van der Waals surface area contributed by atoms with E-state index in [0.29, 0.717) is 17.2 Å². The van der Waals surface area contributed by atoms with Gasteiger partial charge in [0.15, 0.2) is 5.13 Å². The Bertz CT molecular complexity index is 1010. The summed E-state index contributed by atoms with van der Waals surface area (Å²) in [5.41, 5.74) is 2.65. The molecule has 1 heterocycles. The van der Waals surface area contributed by atoms with Gasteiger partial charge in [-0.05, 0) is 66.4 Å². The molecule has 0 aliphatic heterocycles. The van der Waals surface area contributed by atoms with Gasteiger partial charge < -0.3 is 9.64 Å². The fourth-order valence-electron chi connectivity index (χ4n) is 3.22. The van der Waals surface area contributed by atoms with E-state index in [9.17, 15) is 4.79 Å². The second-order valence-corrected chi connectivity index (χ2v) is 8.86. The quantitative estimate of drug-likeness (QED) is 0.336. The summed E-state index contributed by atoms with van der Waals surface area (Å²) in [5, 5.41) is 0.712. The normalized spacial score (nSPS) is 10.9. The Labute approximate surface area is 202 Å². The predicted molar refractivity (Wildman–Crippen MR) is 137 cm³/mol. The number of nitrogens with zero attached hydrogens (tertiary/aromatic N) is 3.